The molecule has 0 aliphatic carbocycles. The Morgan fingerprint density at radius 1 is 0.824 bits per heavy atom. The summed E-state index contributed by atoms with van der Waals surface area (Å²) in [4.78, 5) is 0. The first kappa shape index (κ1) is 21.0. The van der Waals surface area contributed by atoms with Gasteiger partial charge in [0.1, 0.15) is 0 Å². The van der Waals surface area contributed by atoms with Gasteiger partial charge in [0.15, 0.2) is 0 Å². The Hall–Kier alpha value is 1.65. The van der Waals surface area contributed by atoms with Crippen LogP contribution < -0.4 is 64.4 Å². The number of hydrogen-bond acceptors (Lipinski definition) is 0. The second-order valence-electron chi connectivity index (χ2n) is 6.23. The fourth-order valence-electron chi connectivity index (χ4n) is 1.60. The zero-order valence-corrected chi connectivity index (χ0v) is 17.6. The average molecular weight is 266 g/mol. The molecule has 0 saturated carbocycles. The van der Waals surface area contributed by atoms with Crippen LogP contribution in [0.1, 0.15) is 52.7 Å². The maximum Gasteiger partial charge on any atom is 1.00 e. The largest absolute Gasteiger partial charge is 1.45 e. The molecule has 84 valence electrons. The van der Waals surface area contributed by atoms with Gasteiger partial charge in [-0.3, -0.25) is 0 Å². The van der Waals surface area contributed by atoms with Crippen LogP contribution in [0.4, 0.5) is 0 Å². The summed E-state index contributed by atoms with van der Waals surface area (Å²) in [5.74, 6) is 0. The SMILES string of the molecule is CC(C)(C)c1ccc([P-2])c(C(C)(C)C)c1.[Na+].[Na+]. The van der Waals surface area contributed by atoms with E-state index in [1.54, 1.807) is 0 Å². The van der Waals surface area contributed by atoms with Crippen LogP contribution >= 0.6 is 9.24 Å². The van der Waals surface area contributed by atoms with E-state index < -0.39 is 0 Å². The van der Waals surface area contributed by atoms with Crippen molar-refractivity contribution in [2.75, 3.05) is 0 Å². The first-order valence-corrected chi connectivity index (χ1v) is 5.91. The van der Waals surface area contributed by atoms with E-state index >= 15 is 0 Å². The number of benzene rings is 1. The maximum absolute atomic E-state index is 4.53. The summed E-state index contributed by atoms with van der Waals surface area (Å²) in [7, 11) is 4.53. The van der Waals surface area contributed by atoms with Gasteiger partial charge in [-0.2, -0.15) is 0 Å². The summed E-state index contributed by atoms with van der Waals surface area (Å²) < 4.78 is 0. The van der Waals surface area contributed by atoms with Crippen molar-refractivity contribution in [3.05, 3.63) is 29.3 Å². The van der Waals surface area contributed by atoms with Crippen molar-refractivity contribution in [1.29, 1.82) is 0 Å². The summed E-state index contributed by atoms with van der Waals surface area (Å²) in [5.41, 5.74) is 3.09. The molecule has 1 rings (SSSR count). The van der Waals surface area contributed by atoms with Gasteiger partial charge in [-0.1, -0.05) is 59.2 Å². The minimum absolute atomic E-state index is 0. The Morgan fingerprint density at radius 3 is 1.65 bits per heavy atom. The molecule has 0 fully saturated rings. The molecule has 0 nitrogen and oxygen atoms in total. The molecule has 0 spiro atoms. The fraction of sp³-hybridized carbons (Fsp3) is 0.571. The average Bonchev–Trinajstić information content (AvgIpc) is 2.00. The van der Waals surface area contributed by atoms with Gasteiger partial charge in [0, 0.05) is 0 Å². The van der Waals surface area contributed by atoms with Crippen LogP contribution in [-0.2, 0) is 10.8 Å². The van der Waals surface area contributed by atoms with E-state index in [0.717, 1.165) is 5.30 Å². The molecule has 0 amide bonds. The molecule has 0 heterocycles. The van der Waals surface area contributed by atoms with Crippen molar-refractivity contribution in [1.82, 2.24) is 0 Å². The third kappa shape index (κ3) is 6.09. The Morgan fingerprint density at radius 2 is 1.29 bits per heavy atom. The molecule has 0 aliphatic heterocycles. The first-order valence-electron chi connectivity index (χ1n) is 5.46. The normalized spacial score (nSPS) is 11.5. The van der Waals surface area contributed by atoms with Gasteiger partial charge in [-0.25, -0.2) is 0 Å². The van der Waals surface area contributed by atoms with Gasteiger partial charge >= 0.3 is 59.1 Å². The summed E-state index contributed by atoms with van der Waals surface area (Å²) in [6.45, 7) is 13.4. The Labute approximate surface area is 154 Å². The Kier molecular flexibility index (Phi) is 9.17. The molecule has 1 aromatic rings. The van der Waals surface area contributed by atoms with Gasteiger partial charge in [-0.05, 0) is 16.4 Å². The van der Waals surface area contributed by atoms with E-state index in [9.17, 15) is 0 Å². The van der Waals surface area contributed by atoms with Crippen molar-refractivity contribution < 1.29 is 59.1 Å². The van der Waals surface area contributed by atoms with Gasteiger partial charge in [0.25, 0.3) is 0 Å². The second-order valence-corrected chi connectivity index (χ2v) is 6.71. The molecule has 0 aromatic heterocycles. The van der Waals surface area contributed by atoms with Crippen LogP contribution in [0.5, 0.6) is 0 Å². The topological polar surface area (TPSA) is 0 Å². The molecule has 0 radical (unpaired) electrons. The van der Waals surface area contributed by atoms with Crippen molar-refractivity contribution in [2.45, 2.75) is 52.4 Å². The van der Waals surface area contributed by atoms with Crippen molar-refractivity contribution in [2.24, 2.45) is 0 Å². The van der Waals surface area contributed by atoms with Crippen LogP contribution in [0, 0.1) is 0 Å². The van der Waals surface area contributed by atoms with Crippen LogP contribution in [0.15, 0.2) is 18.2 Å². The molecule has 0 aliphatic rings. The minimum Gasteiger partial charge on any atom is -1.45 e. The van der Waals surface area contributed by atoms with Gasteiger partial charge in [-0.15, -0.1) is 6.07 Å². The molecule has 17 heavy (non-hydrogen) atoms. The molecule has 0 N–H and O–H groups in total. The molecule has 0 unspecified atom stereocenters. The smallest absolute Gasteiger partial charge is 1.00 e. The molecule has 0 atom stereocenters. The first-order chi connectivity index (χ1) is 6.62. The van der Waals surface area contributed by atoms with Gasteiger partial charge < -0.3 is 14.5 Å². The van der Waals surface area contributed by atoms with E-state index in [1.165, 1.54) is 11.1 Å². The predicted molar refractivity (Wildman–Crippen MR) is 70.4 cm³/mol. The van der Waals surface area contributed by atoms with Gasteiger partial charge in [0.05, 0.1) is 0 Å². The fourth-order valence-corrected chi connectivity index (χ4v) is 2.08. The zero-order chi connectivity index (χ0) is 11.9. The number of rotatable bonds is 0. The minimum atomic E-state index is 0. The van der Waals surface area contributed by atoms with Crippen LogP contribution in [0.25, 0.3) is 0 Å². The second kappa shape index (κ2) is 7.44. The van der Waals surface area contributed by atoms with E-state index in [-0.39, 0.29) is 69.9 Å². The summed E-state index contributed by atoms with van der Waals surface area (Å²) in [6, 6.07) is 6.59. The molecule has 0 saturated heterocycles. The van der Waals surface area contributed by atoms with E-state index in [0.29, 0.717) is 0 Å². The monoisotopic (exact) mass is 266 g/mol. The van der Waals surface area contributed by atoms with Crippen molar-refractivity contribution in [3.63, 3.8) is 0 Å². The van der Waals surface area contributed by atoms with E-state index in [1.807, 2.05) is 0 Å². The summed E-state index contributed by atoms with van der Waals surface area (Å²) in [5, 5.41) is 1.09. The van der Waals surface area contributed by atoms with Crippen LogP contribution in [0.3, 0.4) is 0 Å². The van der Waals surface area contributed by atoms with Crippen molar-refractivity contribution in [3.8, 4) is 0 Å². The van der Waals surface area contributed by atoms with Crippen LogP contribution in [-0.4, -0.2) is 0 Å². The summed E-state index contributed by atoms with van der Waals surface area (Å²) >= 11 is 0. The predicted octanol–water partition coefficient (Wildman–Crippen LogP) is -1.67. The van der Waals surface area contributed by atoms with E-state index in [4.69, 9.17) is 0 Å². The molecule has 3 heteroatoms. The third-order valence-electron chi connectivity index (χ3n) is 2.67. The van der Waals surface area contributed by atoms with Crippen molar-refractivity contribution >= 4 is 14.5 Å². The third-order valence-corrected chi connectivity index (χ3v) is 3.06. The molecule has 1 aromatic carbocycles. The molecular weight excluding hydrogens is 245 g/mol. The molecular formula is C14H21Na2P. The standard InChI is InChI=1S/C14H21P.2Na/c1-13(2,3)10-7-8-12(15)11(9-10)14(4,5)6;;/h7-9H,1-6H3;;/q-2;2*+1. The Balaban J connectivity index is 0. The zero-order valence-electron chi connectivity index (χ0n) is 12.7. The number of hydrogen-bond donors (Lipinski definition) is 0. The molecule has 0 bridgehead atoms. The van der Waals surface area contributed by atoms with Gasteiger partial charge in [0.2, 0.25) is 0 Å². The van der Waals surface area contributed by atoms with E-state index in [2.05, 4.69) is 69.0 Å². The quantitative estimate of drug-likeness (QED) is 0.389. The van der Waals surface area contributed by atoms with Crippen LogP contribution in [0.2, 0.25) is 0 Å². The maximum atomic E-state index is 4.53. The Bertz CT molecular complexity index is 359. The summed E-state index contributed by atoms with van der Waals surface area (Å²) in [6.07, 6.45) is 0.